The van der Waals surface area contributed by atoms with Crippen molar-refractivity contribution in [1.82, 2.24) is 5.32 Å². The van der Waals surface area contributed by atoms with E-state index in [0.717, 1.165) is 19.3 Å². The van der Waals surface area contributed by atoms with Gasteiger partial charge in [0.05, 0.1) is 17.7 Å². The predicted molar refractivity (Wildman–Crippen MR) is 68.8 cm³/mol. The monoisotopic (exact) mass is 269 g/mol. The molecule has 0 spiro atoms. The lowest BCUT2D eigenvalue weighted by atomic mass is 9.92. The van der Waals surface area contributed by atoms with Crippen molar-refractivity contribution in [3.8, 4) is 5.75 Å². The van der Waals surface area contributed by atoms with E-state index in [-0.39, 0.29) is 17.4 Å². The number of benzene rings is 1. The van der Waals surface area contributed by atoms with Crippen molar-refractivity contribution in [3.63, 3.8) is 0 Å². The van der Waals surface area contributed by atoms with E-state index in [1.54, 1.807) is 0 Å². The Balaban J connectivity index is 2.09. The molecule has 0 aromatic heterocycles. The summed E-state index contributed by atoms with van der Waals surface area (Å²) in [6.45, 7) is 0. The lowest BCUT2D eigenvalue weighted by Gasteiger charge is -2.28. The highest BCUT2D eigenvalue weighted by Gasteiger charge is 2.25. The second-order valence-electron chi connectivity index (χ2n) is 4.59. The zero-order valence-corrected chi connectivity index (χ0v) is 10.7. The molecule has 1 aliphatic carbocycles. The Hall–Kier alpha value is -1.26. The van der Waals surface area contributed by atoms with Gasteiger partial charge >= 0.3 is 0 Å². The van der Waals surface area contributed by atoms with E-state index in [1.165, 1.54) is 18.2 Å². The largest absolute Gasteiger partial charge is 0.507 e. The van der Waals surface area contributed by atoms with E-state index in [1.807, 2.05) is 0 Å². The van der Waals surface area contributed by atoms with Crippen LogP contribution in [0.3, 0.4) is 0 Å². The van der Waals surface area contributed by atoms with Crippen LogP contribution < -0.4 is 5.32 Å². The molecule has 0 radical (unpaired) electrons. The van der Waals surface area contributed by atoms with Gasteiger partial charge in [0.2, 0.25) is 0 Å². The van der Waals surface area contributed by atoms with Crippen molar-refractivity contribution in [2.24, 2.45) is 0 Å². The molecular weight excluding hydrogens is 254 g/mol. The number of halogens is 1. The van der Waals surface area contributed by atoms with Crippen molar-refractivity contribution in [3.05, 3.63) is 28.8 Å². The number of aliphatic hydroxyl groups excluding tert-OH is 1. The number of hydrogen-bond acceptors (Lipinski definition) is 3. The van der Waals surface area contributed by atoms with Gasteiger partial charge in [-0.05, 0) is 31.0 Å². The number of carbonyl (C=O) groups excluding carboxylic acids is 1. The van der Waals surface area contributed by atoms with Gasteiger partial charge in [-0.25, -0.2) is 0 Å². The van der Waals surface area contributed by atoms with Crippen LogP contribution in [0, 0.1) is 0 Å². The highest BCUT2D eigenvalue weighted by molar-refractivity contribution is 6.31. The second-order valence-corrected chi connectivity index (χ2v) is 5.03. The van der Waals surface area contributed by atoms with Gasteiger partial charge in [0.1, 0.15) is 5.75 Å². The molecule has 4 nitrogen and oxygen atoms in total. The molecule has 0 bridgehead atoms. The lowest BCUT2D eigenvalue weighted by molar-refractivity contribution is 0.0715. The molecule has 5 heteroatoms. The van der Waals surface area contributed by atoms with Crippen molar-refractivity contribution in [1.29, 1.82) is 0 Å². The maximum Gasteiger partial charge on any atom is 0.255 e. The summed E-state index contributed by atoms with van der Waals surface area (Å²) >= 11 is 5.79. The van der Waals surface area contributed by atoms with Crippen LogP contribution in [0.1, 0.15) is 36.0 Å². The zero-order valence-electron chi connectivity index (χ0n) is 9.90. The third kappa shape index (κ3) is 2.94. The van der Waals surface area contributed by atoms with Gasteiger partial charge in [-0.3, -0.25) is 4.79 Å². The highest BCUT2D eigenvalue weighted by Crippen LogP contribution is 2.23. The van der Waals surface area contributed by atoms with Gasteiger partial charge in [0.15, 0.2) is 0 Å². The van der Waals surface area contributed by atoms with Crippen LogP contribution in [0.5, 0.6) is 5.75 Å². The molecule has 2 rings (SSSR count). The summed E-state index contributed by atoms with van der Waals surface area (Å²) < 4.78 is 0. The van der Waals surface area contributed by atoms with Gasteiger partial charge in [0, 0.05) is 5.02 Å². The SMILES string of the molecule is O=C(N[C@H]1CCCC[C@@H]1O)c1cc(Cl)ccc1O. The van der Waals surface area contributed by atoms with E-state index in [0.29, 0.717) is 11.4 Å². The minimum absolute atomic E-state index is 0.109. The molecule has 1 amide bonds. The first-order chi connectivity index (χ1) is 8.58. The topological polar surface area (TPSA) is 69.6 Å². The van der Waals surface area contributed by atoms with Crippen LogP contribution in [0.15, 0.2) is 18.2 Å². The van der Waals surface area contributed by atoms with Crippen molar-refractivity contribution in [2.75, 3.05) is 0 Å². The number of rotatable bonds is 2. The first kappa shape index (κ1) is 13.2. The van der Waals surface area contributed by atoms with E-state index >= 15 is 0 Å². The van der Waals surface area contributed by atoms with Crippen LogP contribution in [-0.2, 0) is 0 Å². The zero-order chi connectivity index (χ0) is 13.1. The number of aliphatic hydroxyl groups is 1. The molecule has 1 aromatic carbocycles. The van der Waals surface area contributed by atoms with Crippen LogP contribution in [0.25, 0.3) is 0 Å². The molecule has 3 N–H and O–H groups in total. The Bertz CT molecular complexity index is 450. The number of amides is 1. The fourth-order valence-electron chi connectivity index (χ4n) is 2.22. The number of phenols is 1. The highest BCUT2D eigenvalue weighted by atomic mass is 35.5. The van der Waals surface area contributed by atoms with Gasteiger partial charge in [-0.2, -0.15) is 0 Å². The number of carbonyl (C=O) groups is 1. The van der Waals surface area contributed by atoms with E-state index in [9.17, 15) is 15.0 Å². The van der Waals surface area contributed by atoms with E-state index in [2.05, 4.69) is 5.32 Å². The molecule has 0 unspecified atom stereocenters. The fraction of sp³-hybridized carbons (Fsp3) is 0.462. The molecule has 1 saturated carbocycles. The maximum absolute atomic E-state index is 12.0. The Morgan fingerprint density at radius 3 is 2.78 bits per heavy atom. The van der Waals surface area contributed by atoms with Crippen LogP contribution in [0.4, 0.5) is 0 Å². The average molecular weight is 270 g/mol. The number of hydrogen-bond donors (Lipinski definition) is 3. The van der Waals surface area contributed by atoms with Crippen molar-refractivity contribution >= 4 is 17.5 Å². The molecule has 0 heterocycles. The lowest BCUT2D eigenvalue weighted by Crippen LogP contribution is -2.45. The Labute approximate surface area is 111 Å². The minimum atomic E-state index is -0.510. The first-order valence-electron chi connectivity index (χ1n) is 6.05. The number of aromatic hydroxyl groups is 1. The molecule has 2 atom stereocenters. The summed E-state index contributed by atoms with van der Waals surface area (Å²) in [5.74, 6) is -0.511. The van der Waals surface area contributed by atoms with Gasteiger partial charge in [-0.1, -0.05) is 24.4 Å². The molecule has 0 saturated heterocycles. The molecule has 98 valence electrons. The average Bonchev–Trinajstić information content (AvgIpc) is 2.35. The molecule has 0 aliphatic heterocycles. The normalized spacial score (nSPS) is 23.7. The summed E-state index contributed by atoms with van der Waals surface area (Å²) in [4.78, 5) is 12.0. The standard InChI is InChI=1S/C13H16ClNO3/c14-8-5-6-11(16)9(7-8)13(18)15-10-3-1-2-4-12(10)17/h5-7,10,12,16-17H,1-4H2,(H,15,18)/t10-,12-/m0/s1. The number of nitrogens with one attached hydrogen (secondary N) is 1. The fourth-order valence-corrected chi connectivity index (χ4v) is 2.39. The Kier molecular flexibility index (Phi) is 4.09. The van der Waals surface area contributed by atoms with Crippen LogP contribution >= 0.6 is 11.6 Å². The third-order valence-corrected chi connectivity index (χ3v) is 3.48. The summed E-state index contributed by atoms with van der Waals surface area (Å²) in [5, 5.41) is 22.5. The van der Waals surface area contributed by atoms with E-state index in [4.69, 9.17) is 11.6 Å². The van der Waals surface area contributed by atoms with Gasteiger partial charge in [-0.15, -0.1) is 0 Å². The Morgan fingerprint density at radius 2 is 2.06 bits per heavy atom. The molecule has 18 heavy (non-hydrogen) atoms. The predicted octanol–water partition coefficient (Wildman–Crippen LogP) is 2.08. The number of phenolic OH excluding ortho intramolecular Hbond substituents is 1. The molecular formula is C13H16ClNO3. The van der Waals surface area contributed by atoms with Crippen LogP contribution in [-0.4, -0.2) is 28.3 Å². The van der Waals surface area contributed by atoms with Gasteiger partial charge in [0.25, 0.3) is 5.91 Å². The summed E-state index contributed by atoms with van der Waals surface area (Å²) in [5.41, 5.74) is 0.139. The second kappa shape index (κ2) is 5.59. The van der Waals surface area contributed by atoms with Crippen molar-refractivity contribution < 1.29 is 15.0 Å². The smallest absolute Gasteiger partial charge is 0.255 e. The molecule has 1 aromatic rings. The Morgan fingerprint density at radius 1 is 1.33 bits per heavy atom. The maximum atomic E-state index is 12.0. The minimum Gasteiger partial charge on any atom is -0.507 e. The molecule has 1 fully saturated rings. The summed E-state index contributed by atoms with van der Waals surface area (Å²) in [7, 11) is 0. The summed E-state index contributed by atoms with van der Waals surface area (Å²) in [6.07, 6.45) is 2.92. The third-order valence-electron chi connectivity index (χ3n) is 3.25. The van der Waals surface area contributed by atoms with Crippen LogP contribution in [0.2, 0.25) is 5.02 Å². The molecule has 1 aliphatic rings. The van der Waals surface area contributed by atoms with E-state index < -0.39 is 12.0 Å². The summed E-state index contributed by atoms with van der Waals surface area (Å²) in [6, 6.07) is 4.07. The quantitative estimate of drug-likeness (QED) is 0.770. The van der Waals surface area contributed by atoms with Crippen molar-refractivity contribution in [2.45, 2.75) is 37.8 Å². The first-order valence-corrected chi connectivity index (χ1v) is 6.43. The van der Waals surface area contributed by atoms with Gasteiger partial charge < -0.3 is 15.5 Å².